The molecule has 0 aliphatic rings. The number of amides is 1. The van der Waals surface area contributed by atoms with Crippen LogP contribution < -0.4 is 5.32 Å². The second kappa shape index (κ2) is 10.4. The van der Waals surface area contributed by atoms with Gasteiger partial charge in [-0.15, -0.1) is 0 Å². The molecule has 0 radical (unpaired) electrons. The summed E-state index contributed by atoms with van der Waals surface area (Å²) in [5, 5.41) is 17.6. The number of nitrogens with zero attached hydrogens (tertiary/aromatic N) is 4. The Kier molecular flexibility index (Phi) is 6.60. The molecular formula is C31H25N5O4S. The third kappa shape index (κ3) is 5.20. The Morgan fingerprint density at radius 2 is 1.68 bits per heavy atom. The zero-order valence-electron chi connectivity index (χ0n) is 22.0. The summed E-state index contributed by atoms with van der Waals surface area (Å²) < 4.78 is 30.1. The maximum Gasteiger partial charge on any atom is 0.269 e. The maximum atomic E-state index is 13.7. The third-order valence-electron chi connectivity index (χ3n) is 6.70. The molecule has 3 heterocycles. The minimum absolute atomic E-state index is 0.0863. The van der Waals surface area contributed by atoms with E-state index in [1.165, 1.54) is 30.7 Å². The van der Waals surface area contributed by atoms with Gasteiger partial charge in [-0.2, -0.15) is 5.10 Å². The van der Waals surface area contributed by atoms with E-state index in [0.717, 1.165) is 15.1 Å². The van der Waals surface area contributed by atoms with Crippen LogP contribution in [0.2, 0.25) is 0 Å². The number of benzene rings is 3. The van der Waals surface area contributed by atoms with Gasteiger partial charge >= 0.3 is 0 Å². The largest absolute Gasteiger partial charge is 0.508 e. The first kappa shape index (κ1) is 26.0. The molecule has 0 spiro atoms. The number of carbonyl (C=O) groups is 1. The fraction of sp³-hybridized carbons (Fsp3) is 0.0645. The van der Waals surface area contributed by atoms with E-state index >= 15 is 0 Å². The first-order valence-corrected chi connectivity index (χ1v) is 14.2. The number of carbonyl (C=O) groups excluding carboxylic acids is 1. The third-order valence-corrected chi connectivity index (χ3v) is 8.36. The Morgan fingerprint density at radius 1 is 0.902 bits per heavy atom. The molecular weight excluding hydrogens is 538 g/mol. The van der Waals surface area contributed by atoms with Gasteiger partial charge in [-0.05, 0) is 48.4 Å². The number of pyridine rings is 1. The first-order chi connectivity index (χ1) is 19.8. The van der Waals surface area contributed by atoms with E-state index in [9.17, 15) is 18.3 Å². The molecule has 0 aliphatic carbocycles. The Morgan fingerprint density at radius 3 is 2.44 bits per heavy atom. The smallest absolute Gasteiger partial charge is 0.269 e. The molecule has 41 heavy (non-hydrogen) atoms. The van der Waals surface area contributed by atoms with Gasteiger partial charge in [-0.1, -0.05) is 60.2 Å². The number of phenols is 1. The van der Waals surface area contributed by atoms with E-state index < -0.39 is 15.9 Å². The van der Waals surface area contributed by atoms with Crippen molar-refractivity contribution in [1.82, 2.24) is 18.7 Å². The lowest BCUT2D eigenvalue weighted by molar-refractivity contribution is 0.102. The van der Waals surface area contributed by atoms with E-state index in [-0.39, 0.29) is 22.0 Å². The molecule has 0 aliphatic heterocycles. The fourth-order valence-corrected chi connectivity index (χ4v) is 5.89. The normalized spacial score (nSPS) is 11.5. The van der Waals surface area contributed by atoms with Crippen LogP contribution in [0.15, 0.2) is 115 Å². The molecule has 0 unspecified atom stereocenters. The van der Waals surface area contributed by atoms with Gasteiger partial charge < -0.3 is 10.4 Å². The van der Waals surface area contributed by atoms with E-state index in [2.05, 4.69) is 15.4 Å². The fourth-order valence-electron chi connectivity index (χ4n) is 4.56. The lowest BCUT2D eigenvalue weighted by Gasteiger charge is -2.08. The summed E-state index contributed by atoms with van der Waals surface area (Å²) in [6.07, 6.45) is 6.01. The van der Waals surface area contributed by atoms with Crippen LogP contribution in [0.4, 0.5) is 5.69 Å². The van der Waals surface area contributed by atoms with Gasteiger partial charge in [0.25, 0.3) is 15.9 Å². The van der Waals surface area contributed by atoms with Crippen molar-refractivity contribution < 1.29 is 18.3 Å². The van der Waals surface area contributed by atoms with Crippen LogP contribution in [-0.2, 0) is 16.6 Å². The van der Waals surface area contributed by atoms with Crippen molar-refractivity contribution in [2.75, 3.05) is 5.32 Å². The summed E-state index contributed by atoms with van der Waals surface area (Å²) in [6.45, 7) is 2.38. The quantitative estimate of drug-likeness (QED) is 0.267. The predicted molar refractivity (Wildman–Crippen MR) is 156 cm³/mol. The number of phenolic OH excluding ortho intramolecular Hbond substituents is 1. The molecule has 10 heteroatoms. The lowest BCUT2D eigenvalue weighted by Crippen LogP contribution is -2.13. The number of nitrogens with one attached hydrogen (secondary N) is 1. The molecule has 6 rings (SSSR count). The van der Waals surface area contributed by atoms with Crippen LogP contribution in [0.25, 0.3) is 22.2 Å². The maximum absolute atomic E-state index is 13.7. The molecule has 0 fully saturated rings. The average molecular weight is 564 g/mol. The number of hydrogen-bond acceptors (Lipinski definition) is 6. The minimum atomic E-state index is -4.03. The molecule has 0 saturated heterocycles. The molecule has 9 nitrogen and oxygen atoms in total. The van der Waals surface area contributed by atoms with Gasteiger partial charge in [0.05, 0.1) is 28.9 Å². The zero-order chi connectivity index (χ0) is 28.6. The highest BCUT2D eigenvalue weighted by atomic mass is 32.2. The second-order valence-electron chi connectivity index (χ2n) is 9.67. The van der Waals surface area contributed by atoms with Crippen LogP contribution >= 0.6 is 0 Å². The minimum Gasteiger partial charge on any atom is -0.508 e. The van der Waals surface area contributed by atoms with Crippen LogP contribution in [0.5, 0.6) is 5.75 Å². The van der Waals surface area contributed by atoms with Crippen molar-refractivity contribution in [3.63, 3.8) is 0 Å². The number of fused-ring (bicyclic) bond motifs is 1. The van der Waals surface area contributed by atoms with E-state index in [4.69, 9.17) is 0 Å². The molecule has 1 amide bonds. The van der Waals surface area contributed by atoms with Crippen molar-refractivity contribution in [3.05, 3.63) is 126 Å². The summed E-state index contributed by atoms with van der Waals surface area (Å²) in [5.41, 5.74) is 4.04. The number of aromatic hydroxyl groups is 1. The highest BCUT2D eigenvalue weighted by Gasteiger charge is 2.24. The van der Waals surface area contributed by atoms with Gasteiger partial charge in [0, 0.05) is 29.5 Å². The molecule has 3 aromatic heterocycles. The summed E-state index contributed by atoms with van der Waals surface area (Å²) in [7, 11) is -4.03. The number of anilines is 1. The molecule has 0 bridgehead atoms. The van der Waals surface area contributed by atoms with E-state index in [0.29, 0.717) is 28.6 Å². The van der Waals surface area contributed by atoms with E-state index in [1.54, 1.807) is 47.3 Å². The number of hydrogen-bond donors (Lipinski definition) is 2. The van der Waals surface area contributed by atoms with Crippen molar-refractivity contribution in [2.45, 2.75) is 18.4 Å². The molecule has 3 aromatic carbocycles. The molecule has 6 aromatic rings. The van der Waals surface area contributed by atoms with Crippen molar-refractivity contribution in [1.29, 1.82) is 0 Å². The Balaban J connectivity index is 1.40. The SMILES string of the molecule is Cc1ccc(S(=O)(=O)n2cc(NC(=O)c3cnn(Cc4ccccc4)c3)c3cc(-c4cccc(O)c4)cnc32)cc1. The van der Waals surface area contributed by atoms with Gasteiger partial charge in [0.2, 0.25) is 0 Å². The van der Waals surface area contributed by atoms with Crippen molar-refractivity contribution in [2.24, 2.45) is 0 Å². The van der Waals surface area contributed by atoms with E-state index in [1.807, 2.05) is 43.3 Å². The second-order valence-corrected chi connectivity index (χ2v) is 11.5. The van der Waals surface area contributed by atoms with Crippen LogP contribution in [0, 0.1) is 6.92 Å². The van der Waals surface area contributed by atoms with Crippen LogP contribution in [-0.4, -0.2) is 38.2 Å². The number of aryl methyl sites for hydroxylation is 1. The summed E-state index contributed by atoms with van der Waals surface area (Å²) in [6, 6.07) is 24.7. The highest BCUT2D eigenvalue weighted by molar-refractivity contribution is 7.90. The van der Waals surface area contributed by atoms with Gasteiger partial charge in [0.1, 0.15) is 5.75 Å². The Labute approximate surface area is 236 Å². The van der Waals surface area contributed by atoms with Crippen molar-refractivity contribution in [3.8, 4) is 16.9 Å². The van der Waals surface area contributed by atoms with Gasteiger partial charge in [-0.3, -0.25) is 9.48 Å². The number of aromatic nitrogens is 4. The lowest BCUT2D eigenvalue weighted by atomic mass is 10.1. The van der Waals surface area contributed by atoms with Crippen LogP contribution in [0.1, 0.15) is 21.5 Å². The Hall–Kier alpha value is -5.22. The molecule has 0 saturated carbocycles. The van der Waals surface area contributed by atoms with Crippen molar-refractivity contribution >= 4 is 32.7 Å². The van der Waals surface area contributed by atoms with Gasteiger partial charge in [-0.25, -0.2) is 17.4 Å². The average Bonchev–Trinajstić information content (AvgIpc) is 3.59. The topological polar surface area (TPSA) is 119 Å². The highest BCUT2D eigenvalue weighted by Crippen LogP contribution is 2.33. The van der Waals surface area contributed by atoms with Crippen LogP contribution in [0.3, 0.4) is 0 Å². The van der Waals surface area contributed by atoms with Gasteiger partial charge in [0.15, 0.2) is 5.65 Å². The molecule has 0 atom stereocenters. The summed E-state index contributed by atoms with van der Waals surface area (Å²) >= 11 is 0. The predicted octanol–water partition coefficient (Wildman–Crippen LogP) is 5.45. The molecule has 2 N–H and O–H groups in total. The zero-order valence-corrected chi connectivity index (χ0v) is 22.8. The first-order valence-electron chi connectivity index (χ1n) is 12.8. The summed E-state index contributed by atoms with van der Waals surface area (Å²) in [5.74, 6) is -0.359. The summed E-state index contributed by atoms with van der Waals surface area (Å²) in [4.78, 5) is 17.9. The molecule has 204 valence electrons. The monoisotopic (exact) mass is 563 g/mol. The Bertz CT molecular complexity index is 2000. The standard InChI is InChI=1S/C31H25N5O4S/c1-21-10-12-27(13-11-21)41(39,40)36-20-29(28-15-24(16-32-30(28)36)23-8-5-9-26(37)14-23)34-31(38)25-17-33-35(19-25)18-22-6-3-2-4-7-22/h2-17,19-20,37H,18H2,1H3,(H,34,38). The number of rotatable bonds is 7.